The van der Waals surface area contributed by atoms with Crippen LogP contribution in [0.5, 0.6) is 0 Å². The number of hydrogen-bond donors (Lipinski definition) is 0. The monoisotopic (exact) mass is 796 g/mol. The van der Waals surface area contributed by atoms with Gasteiger partial charge in [0, 0.05) is 0 Å². The zero-order chi connectivity index (χ0) is 35.1. The Kier molecular flexibility index (Phi) is 14.0. The van der Waals surface area contributed by atoms with Gasteiger partial charge in [-0.25, -0.2) is 5.57 Å². The molecule has 51 heavy (non-hydrogen) atoms. The van der Waals surface area contributed by atoms with Crippen LogP contribution in [0.25, 0.3) is 11.1 Å². The first-order valence-corrected chi connectivity index (χ1v) is 20.5. The summed E-state index contributed by atoms with van der Waals surface area (Å²) in [6.45, 7) is 20.4. The molecule has 0 spiro atoms. The Labute approximate surface area is 338 Å². The maximum absolute atomic E-state index is 3.67. The van der Waals surface area contributed by atoms with Crippen molar-refractivity contribution in [1.29, 1.82) is 0 Å². The molecule has 1 atom stereocenters. The zero-order valence-corrected chi connectivity index (χ0v) is 36.8. The molecule has 4 saturated carbocycles. The van der Waals surface area contributed by atoms with Crippen molar-refractivity contribution in [2.24, 2.45) is 29.1 Å². The van der Waals surface area contributed by atoms with Crippen LogP contribution in [0, 0.1) is 41.2 Å². The van der Waals surface area contributed by atoms with Gasteiger partial charge in [0.1, 0.15) is 0 Å². The minimum atomic E-state index is 0. The van der Waals surface area contributed by atoms with Crippen molar-refractivity contribution < 1.29 is 49.0 Å². The molecule has 3 aromatic rings. The molecule has 3 aromatic carbocycles. The van der Waals surface area contributed by atoms with Crippen molar-refractivity contribution in [2.45, 2.75) is 131 Å². The van der Waals surface area contributed by atoms with Gasteiger partial charge in [0.15, 0.2) is 0 Å². The minimum Gasteiger partial charge on any atom is -1.00 e. The fourth-order valence-corrected chi connectivity index (χ4v) is 10.3. The predicted octanol–water partition coefficient (Wildman–Crippen LogP) is 6.74. The molecule has 0 nitrogen and oxygen atoms in total. The fraction of sp³-hybridized carbons (Fsp3) is 0.521. The normalized spacial score (nSPS) is 25.1. The van der Waals surface area contributed by atoms with Gasteiger partial charge in [0.05, 0.1) is 0 Å². The molecule has 0 N–H and O–H groups in total. The third-order valence-electron chi connectivity index (χ3n) is 12.0. The Balaban J connectivity index is 0.000000178. The van der Waals surface area contributed by atoms with Crippen LogP contribution in [0.1, 0.15) is 141 Å². The molecule has 0 radical (unpaired) electrons. The molecule has 0 amide bonds. The summed E-state index contributed by atoms with van der Waals surface area (Å²) in [7, 11) is 0. The average molecular weight is 799 g/mol. The van der Waals surface area contributed by atoms with Crippen LogP contribution in [0.3, 0.4) is 0 Å². The fourth-order valence-electron chi connectivity index (χ4n) is 9.88. The molecule has 4 fully saturated rings. The first kappa shape index (κ1) is 42.2. The first-order chi connectivity index (χ1) is 23.1. The molecule has 0 saturated heterocycles. The zero-order valence-electron chi connectivity index (χ0n) is 32.8. The van der Waals surface area contributed by atoms with Crippen molar-refractivity contribution in [3.8, 4) is 11.1 Å². The SMILES string of the molecule is CC(C)(C)c1[c-]c2c(cc1)-c1ccc(C(C)(C)C)cc1C2.CC1=[C-]C(C)C=C1CC12CC3CC(CC(C3)C1)C2.CC[C](=[Zr+2])c1ccccc1.[Cl-].[Cl-]. The van der Waals surface area contributed by atoms with E-state index in [9.17, 15) is 0 Å². The number of rotatable bonds is 4. The summed E-state index contributed by atoms with van der Waals surface area (Å²) in [5, 5.41) is 0. The van der Waals surface area contributed by atoms with Crippen LogP contribution < -0.4 is 24.8 Å². The van der Waals surface area contributed by atoms with E-state index in [-0.39, 0.29) is 35.6 Å². The second kappa shape index (κ2) is 16.9. The van der Waals surface area contributed by atoms with E-state index in [0.717, 1.165) is 24.2 Å². The van der Waals surface area contributed by atoms with Gasteiger partial charge in [-0.05, 0) is 90.1 Å². The topological polar surface area (TPSA) is 0 Å². The standard InChI is InChI=1S/C21H25.C18H25.C9H10.2ClH.Zr/c1-20(2,3)16-7-9-18-14(12-16)11-15-13-17(21(4,5)6)8-10-19(15)18;1-12-3-13(2)17(4-12)11-18-8-14-5-15(9-18)7-16(6-14)10-18;1-2-6-9-7-4-3-5-8-9;;;/h7-10,12H,11H2,1-6H3;4,12,14-16H,5-11H2,1-2H3;3-5,7-8H,2H2,1H3;2*1H;/q2*-1;;;;+2/p-2. The summed E-state index contributed by atoms with van der Waals surface area (Å²) < 4.78 is 1.55. The van der Waals surface area contributed by atoms with E-state index in [0.29, 0.717) is 11.3 Å². The predicted molar refractivity (Wildman–Crippen MR) is 207 cm³/mol. The number of allylic oxidation sites excluding steroid dienone is 4. The van der Waals surface area contributed by atoms with Crippen LogP contribution in [-0.2, 0) is 41.5 Å². The molecule has 9 rings (SSSR count). The molecular formula is C48H60Cl2Zr-2. The van der Waals surface area contributed by atoms with E-state index in [1.54, 1.807) is 47.3 Å². The van der Waals surface area contributed by atoms with Gasteiger partial charge in [-0.1, -0.05) is 91.5 Å². The largest absolute Gasteiger partial charge is 1.00 e. The van der Waals surface area contributed by atoms with Gasteiger partial charge in [0.2, 0.25) is 0 Å². The Morgan fingerprint density at radius 3 is 1.90 bits per heavy atom. The molecule has 272 valence electrons. The van der Waals surface area contributed by atoms with Gasteiger partial charge in [-0.2, -0.15) is 35.4 Å². The molecule has 0 aromatic heterocycles. The molecular weight excluding hydrogens is 739 g/mol. The van der Waals surface area contributed by atoms with E-state index >= 15 is 0 Å². The molecule has 0 heterocycles. The third-order valence-corrected chi connectivity index (χ3v) is 13.6. The van der Waals surface area contributed by atoms with Crippen molar-refractivity contribution in [3.05, 3.63) is 118 Å². The van der Waals surface area contributed by atoms with Crippen molar-refractivity contribution in [2.75, 3.05) is 0 Å². The number of halogens is 2. The molecule has 6 aliphatic carbocycles. The van der Waals surface area contributed by atoms with Crippen LogP contribution in [0.15, 0.2) is 77.9 Å². The van der Waals surface area contributed by atoms with Crippen LogP contribution in [0.4, 0.5) is 0 Å². The van der Waals surface area contributed by atoms with E-state index in [2.05, 4.69) is 141 Å². The summed E-state index contributed by atoms with van der Waals surface area (Å²) in [5.41, 5.74) is 13.9. The third kappa shape index (κ3) is 9.97. The van der Waals surface area contributed by atoms with Gasteiger partial charge < -0.3 is 24.8 Å². The van der Waals surface area contributed by atoms with Gasteiger partial charge in [-0.15, -0.1) is 11.1 Å². The van der Waals surface area contributed by atoms with Crippen molar-refractivity contribution in [3.63, 3.8) is 0 Å². The van der Waals surface area contributed by atoms with Crippen molar-refractivity contribution in [1.82, 2.24) is 0 Å². The molecule has 1 unspecified atom stereocenters. The van der Waals surface area contributed by atoms with Crippen molar-refractivity contribution >= 4 is 3.21 Å². The van der Waals surface area contributed by atoms with Gasteiger partial charge >= 0.3 is 76.7 Å². The molecule has 6 aliphatic rings. The molecule has 0 aliphatic heterocycles. The summed E-state index contributed by atoms with van der Waals surface area (Å²) in [6.07, 6.45) is 19.0. The molecule has 3 heteroatoms. The van der Waals surface area contributed by atoms with E-state index in [1.165, 1.54) is 81.6 Å². The number of benzene rings is 3. The Bertz CT molecular complexity index is 1630. The maximum atomic E-state index is 3.67. The first-order valence-electron chi connectivity index (χ1n) is 19.3. The Hall–Kier alpha value is -1.53. The van der Waals surface area contributed by atoms with Crippen LogP contribution in [-0.4, -0.2) is 3.21 Å². The summed E-state index contributed by atoms with van der Waals surface area (Å²) in [6, 6.07) is 25.8. The summed E-state index contributed by atoms with van der Waals surface area (Å²) in [4.78, 5) is 0. The van der Waals surface area contributed by atoms with E-state index < -0.39 is 0 Å². The quantitative estimate of drug-likeness (QED) is 0.201. The second-order valence-electron chi connectivity index (χ2n) is 18.4. The van der Waals surface area contributed by atoms with E-state index in [1.807, 2.05) is 0 Å². The Morgan fingerprint density at radius 1 is 0.804 bits per heavy atom. The van der Waals surface area contributed by atoms with Crippen LogP contribution in [0.2, 0.25) is 0 Å². The smallest absolute Gasteiger partial charge is 1.00 e. The Morgan fingerprint density at radius 2 is 1.39 bits per heavy atom. The summed E-state index contributed by atoms with van der Waals surface area (Å²) >= 11 is 1.54. The minimum absolute atomic E-state index is 0. The van der Waals surface area contributed by atoms with E-state index in [4.69, 9.17) is 0 Å². The maximum Gasteiger partial charge on any atom is -1.00 e. The summed E-state index contributed by atoms with van der Waals surface area (Å²) in [5.74, 6) is 3.82. The van der Waals surface area contributed by atoms with Crippen LogP contribution >= 0.6 is 0 Å². The van der Waals surface area contributed by atoms with Gasteiger partial charge in [-0.3, -0.25) is 6.08 Å². The molecule has 4 bridgehead atoms. The second-order valence-corrected chi connectivity index (χ2v) is 19.8. The van der Waals surface area contributed by atoms with Gasteiger partial charge in [0.25, 0.3) is 0 Å². The number of hydrogen-bond acceptors (Lipinski definition) is 0. The number of fused-ring (bicyclic) bond motifs is 3. The average Bonchev–Trinajstić information content (AvgIpc) is 3.56.